The number of hydrogen-bond donors (Lipinski definition) is 4. The molecule has 0 heterocycles. The standard InChI is InChI=1S/C12H18N2O3/c1-8(3-2-6-13)14-12(17)9-4-5-10(15)11(16)7-9/h4-5,7-8,15-16H,2-3,6,13H2,1H3,(H,14,17). The molecule has 0 aromatic heterocycles. The first-order valence-corrected chi connectivity index (χ1v) is 5.57. The maximum atomic E-state index is 11.7. The Labute approximate surface area is 100 Å². The van der Waals surface area contributed by atoms with E-state index in [4.69, 9.17) is 10.8 Å². The summed E-state index contributed by atoms with van der Waals surface area (Å²) >= 11 is 0. The lowest BCUT2D eigenvalue weighted by atomic mass is 10.1. The Morgan fingerprint density at radius 3 is 2.71 bits per heavy atom. The molecule has 1 aromatic rings. The summed E-state index contributed by atoms with van der Waals surface area (Å²) in [6.07, 6.45) is 1.66. The minimum absolute atomic E-state index is 0.0296. The maximum absolute atomic E-state index is 11.7. The predicted molar refractivity (Wildman–Crippen MR) is 65.0 cm³/mol. The molecular formula is C12H18N2O3. The third kappa shape index (κ3) is 3.96. The number of carbonyl (C=O) groups is 1. The van der Waals surface area contributed by atoms with Gasteiger partial charge in [0, 0.05) is 11.6 Å². The number of aromatic hydroxyl groups is 2. The second-order valence-corrected chi connectivity index (χ2v) is 4.01. The van der Waals surface area contributed by atoms with Crippen LogP contribution >= 0.6 is 0 Å². The summed E-state index contributed by atoms with van der Waals surface area (Å²) in [6, 6.07) is 4.01. The summed E-state index contributed by atoms with van der Waals surface area (Å²) < 4.78 is 0. The summed E-state index contributed by atoms with van der Waals surface area (Å²) in [5, 5.41) is 21.2. The number of hydrogen-bond acceptors (Lipinski definition) is 4. The van der Waals surface area contributed by atoms with Crippen LogP contribution in [0.1, 0.15) is 30.1 Å². The molecular weight excluding hydrogens is 220 g/mol. The van der Waals surface area contributed by atoms with Gasteiger partial charge in [-0.3, -0.25) is 4.79 Å². The highest BCUT2D eigenvalue weighted by molar-refractivity contribution is 5.95. The lowest BCUT2D eigenvalue weighted by molar-refractivity contribution is 0.0937. The van der Waals surface area contributed by atoms with E-state index < -0.39 is 0 Å². The molecule has 0 radical (unpaired) electrons. The zero-order valence-corrected chi connectivity index (χ0v) is 9.81. The van der Waals surface area contributed by atoms with Crippen LogP contribution < -0.4 is 11.1 Å². The van der Waals surface area contributed by atoms with Crippen molar-refractivity contribution in [2.24, 2.45) is 5.73 Å². The fourth-order valence-corrected chi connectivity index (χ4v) is 1.47. The quantitative estimate of drug-likeness (QED) is 0.574. The summed E-state index contributed by atoms with van der Waals surface area (Å²) in [4.78, 5) is 11.7. The van der Waals surface area contributed by atoms with Crippen LogP contribution in [0.4, 0.5) is 0 Å². The zero-order valence-electron chi connectivity index (χ0n) is 9.81. The third-order valence-corrected chi connectivity index (χ3v) is 2.46. The van der Waals surface area contributed by atoms with Crippen LogP contribution in [0.2, 0.25) is 0 Å². The Bertz CT molecular complexity index is 393. The number of rotatable bonds is 5. The Hall–Kier alpha value is -1.75. The molecule has 0 spiro atoms. The van der Waals surface area contributed by atoms with Crippen LogP contribution in [0.5, 0.6) is 11.5 Å². The van der Waals surface area contributed by atoms with Crippen LogP contribution in [-0.4, -0.2) is 28.7 Å². The molecule has 1 rings (SSSR count). The molecule has 17 heavy (non-hydrogen) atoms. The van der Waals surface area contributed by atoms with E-state index in [-0.39, 0.29) is 23.4 Å². The highest BCUT2D eigenvalue weighted by Crippen LogP contribution is 2.24. The highest BCUT2D eigenvalue weighted by atomic mass is 16.3. The second kappa shape index (κ2) is 6.10. The first-order chi connectivity index (χ1) is 8.04. The molecule has 1 unspecified atom stereocenters. The van der Waals surface area contributed by atoms with Crippen LogP contribution in [0.3, 0.4) is 0 Å². The second-order valence-electron chi connectivity index (χ2n) is 4.01. The van der Waals surface area contributed by atoms with Crippen molar-refractivity contribution in [1.29, 1.82) is 0 Å². The van der Waals surface area contributed by atoms with E-state index in [1.807, 2.05) is 6.92 Å². The van der Waals surface area contributed by atoms with Gasteiger partial charge < -0.3 is 21.3 Å². The third-order valence-electron chi connectivity index (χ3n) is 2.46. The highest BCUT2D eigenvalue weighted by Gasteiger charge is 2.11. The first-order valence-electron chi connectivity index (χ1n) is 5.57. The Kier molecular flexibility index (Phi) is 4.78. The average Bonchev–Trinajstić information content (AvgIpc) is 2.30. The summed E-state index contributed by atoms with van der Waals surface area (Å²) in [7, 11) is 0. The summed E-state index contributed by atoms with van der Waals surface area (Å²) in [6.45, 7) is 2.49. The van der Waals surface area contributed by atoms with Crippen LogP contribution in [-0.2, 0) is 0 Å². The molecule has 0 aliphatic heterocycles. The number of phenolic OH excluding ortho intramolecular Hbond substituents is 2. The smallest absolute Gasteiger partial charge is 0.251 e. The fourth-order valence-electron chi connectivity index (χ4n) is 1.47. The Morgan fingerprint density at radius 1 is 1.41 bits per heavy atom. The van der Waals surface area contributed by atoms with E-state index in [9.17, 15) is 9.90 Å². The lowest BCUT2D eigenvalue weighted by Gasteiger charge is -2.13. The van der Waals surface area contributed by atoms with Gasteiger partial charge in [0.15, 0.2) is 11.5 Å². The molecule has 0 fully saturated rings. The van der Waals surface area contributed by atoms with Gasteiger partial charge in [0.25, 0.3) is 5.91 Å². The number of benzene rings is 1. The molecule has 94 valence electrons. The van der Waals surface area contributed by atoms with Gasteiger partial charge in [-0.25, -0.2) is 0 Å². The minimum atomic E-state index is -0.299. The molecule has 5 N–H and O–H groups in total. The van der Waals surface area contributed by atoms with E-state index in [0.717, 1.165) is 12.8 Å². The van der Waals surface area contributed by atoms with Crippen molar-refractivity contribution in [3.05, 3.63) is 23.8 Å². The van der Waals surface area contributed by atoms with Gasteiger partial charge in [-0.05, 0) is 44.5 Å². The lowest BCUT2D eigenvalue weighted by Crippen LogP contribution is -2.32. The SMILES string of the molecule is CC(CCCN)NC(=O)c1ccc(O)c(O)c1. The number of phenols is 2. The predicted octanol–water partition coefficient (Wildman–Crippen LogP) is 0.955. The van der Waals surface area contributed by atoms with Crippen molar-refractivity contribution in [3.63, 3.8) is 0 Å². The average molecular weight is 238 g/mol. The molecule has 0 aliphatic carbocycles. The van der Waals surface area contributed by atoms with Crippen molar-refractivity contribution >= 4 is 5.91 Å². The van der Waals surface area contributed by atoms with Crippen molar-refractivity contribution < 1.29 is 15.0 Å². The maximum Gasteiger partial charge on any atom is 0.251 e. The van der Waals surface area contributed by atoms with Crippen LogP contribution in [0.25, 0.3) is 0 Å². The van der Waals surface area contributed by atoms with Gasteiger partial charge in [-0.2, -0.15) is 0 Å². The molecule has 1 aromatic carbocycles. The van der Waals surface area contributed by atoms with E-state index in [1.54, 1.807) is 0 Å². The van der Waals surface area contributed by atoms with Crippen molar-refractivity contribution in [1.82, 2.24) is 5.32 Å². The van der Waals surface area contributed by atoms with Gasteiger partial charge in [0.2, 0.25) is 0 Å². The minimum Gasteiger partial charge on any atom is -0.504 e. The molecule has 0 saturated heterocycles. The van der Waals surface area contributed by atoms with Crippen LogP contribution in [0.15, 0.2) is 18.2 Å². The molecule has 0 aliphatic rings. The van der Waals surface area contributed by atoms with Gasteiger partial charge in [0.05, 0.1) is 0 Å². The number of amides is 1. The molecule has 1 atom stereocenters. The molecule has 1 amide bonds. The fraction of sp³-hybridized carbons (Fsp3) is 0.417. The van der Waals surface area contributed by atoms with E-state index in [2.05, 4.69) is 5.32 Å². The van der Waals surface area contributed by atoms with Crippen LogP contribution in [0, 0.1) is 0 Å². The number of nitrogens with two attached hydrogens (primary N) is 1. The summed E-state index contributed by atoms with van der Waals surface area (Å²) in [5.41, 5.74) is 5.70. The van der Waals surface area contributed by atoms with E-state index in [0.29, 0.717) is 12.1 Å². The van der Waals surface area contributed by atoms with Gasteiger partial charge >= 0.3 is 0 Å². The van der Waals surface area contributed by atoms with Crippen molar-refractivity contribution in [3.8, 4) is 11.5 Å². The number of nitrogens with one attached hydrogen (secondary N) is 1. The Morgan fingerprint density at radius 2 is 2.12 bits per heavy atom. The number of carbonyl (C=O) groups excluding carboxylic acids is 1. The topological polar surface area (TPSA) is 95.6 Å². The first kappa shape index (κ1) is 13.3. The summed E-state index contributed by atoms with van der Waals surface area (Å²) in [5.74, 6) is -0.810. The molecule has 5 nitrogen and oxygen atoms in total. The molecule has 0 saturated carbocycles. The normalized spacial score (nSPS) is 12.1. The molecule has 0 bridgehead atoms. The van der Waals surface area contributed by atoms with Crippen molar-refractivity contribution in [2.75, 3.05) is 6.54 Å². The monoisotopic (exact) mass is 238 g/mol. The van der Waals surface area contributed by atoms with E-state index in [1.165, 1.54) is 18.2 Å². The Balaban J connectivity index is 2.60. The van der Waals surface area contributed by atoms with Gasteiger partial charge in [0.1, 0.15) is 0 Å². The zero-order chi connectivity index (χ0) is 12.8. The van der Waals surface area contributed by atoms with Gasteiger partial charge in [-0.15, -0.1) is 0 Å². The molecule has 5 heteroatoms. The van der Waals surface area contributed by atoms with Crippen molar-refractivity contribution in [2.45, 2.75) is 25.8 Å². The largest absolute Gasteiger partial charge is 0.504 e. The van der Waals surface area contributed by atoms with Gasteiger partial charge in [-0.1, -0.05) is 0 Å². The van der Waals surface area contributed by atoms with E-state index >= 15 is 0 Å².